The highest BCUT2D eigenvalue weighted by atomic mass is 16.6. The summed E-state index contributed by atoms with van der Waals surface area (Å²) in [5.74, 6) is -0.00399. The van der Waals surface area contributed by atoms with Crippen molar-refractivity contribution in [3.8, 4) is 0 Å². The molecule has 0 radical (unpaired) electrons. The molecule has 1 aromatic carbocycles. The topological polar surface area (TPSA) is 72.6 Å². The van der Waals surface area contributed by atoms with Crippen LogP contribution in [0.3, 0.4) is 0 Å². The third-order valence-corrected chi connectivity index (χ3v) is 5.64. The maximum Gasteiger partial charge on any atom is 0.410 e. The van der Waals surface area contributed by atoms with Gasteiger partial charge in [0.2, 0.25) is 5.91 Å². The number of primary amides is 1. The predicted molar refractivity (Wildman–Crippen MR) is 126 cm³/mol. The summed E-state index contributed by atoms with van der Waals surface area (Å²) in [5.41, 5.74) is 8.89. The van der Waals surface area contributed by atoms with Gasteiger partial charge < -0.3 is 15.4 Å². The number of nitrogens with zero attached hydrogens (tertiary/aromatic N) is 1. The number of nitrogens with two attached hydrogens (primary N) is 1. The van der Waals surface area contributed by atoms with Gasteiger partial charge in [-0.05, 0) is 70.1 Å². The fourth-order valence-electron chi connectivity index (χ4n) is 3.88. The van der Waals surface area contributed by atoms with Gasteiger partial charge in [0.05, 0.1) is 5.41 Å². The molecule has 5 nitrogen and oxygen atoms in total. The van der Waals surface area contributed by atoms with Crippen molar-refractivity contribution in [2.24, 2.45) is 17.1 Å². The fraction of sp³-hybridized carbons (Fsp3) is 0.538. The molecule has 1 unspecified atom stereocenters. The molecular weight excluding hydrogens is 388 g/mol. The van der Waals surface area contributed by atoms with Crippen molar-refractivity contribution in [1.29, 1.82) is 0 Å². The van der Waals surface area contributed by atoms with E-state index in [0.717, 1.165) is 23.1 Å². The molecule has 31 heavy (non-hydrogen) atoms. The van der Waals surface area contributed by atoms with E-state index in [1.54, 1.807) is 4.90 Å². The van der Waals surface area contributed by atoms with Crippen LogP contribution in [0.4, 0.5) is 4.79 Å². The van der Waals surface area contributed by atoms with Gasteiger partial charge in [-0.15, -0.1) is 0 Å². The average Bonchev–Trinajstić information content (AvgIpc) is 2.64. The largest absolute Gasteiger partial charge is 0.444 e. The molecule has 1 aliphatic rings. The Labute approximate surface area is 187 Å². The van der Waals surface area contributed by atoms with Crippen LogP contribution >= 0.6 is 0 Å². The Hall–Kier alpha value is -2.56. The number of allylic oxidation sites excluding steroid dienone is 3. The summed E-state index contributed by atoms with van der Waals surface area (Å²) in [6.07, 6.45) is 4.76. The molecule has 0 aliphatic heterocycles. The van der Waals surface area contributed by atoms with Gasteiger partial charge >= 0.3 is 6.09 Å². The Bertz CT molecular complexity index is 877. The Morgan fingerprint density at radius 3 is 2.35 bits per heavy atom. The van der Waals surface area contributed by atoms with E-state index in [9.17, 15) is 9.59 Å². The minimum atomic E-state index is -0.954. The molecule has 0 saturated heterocycles. The molecule has 2 amide bonds. The summed E-state index contributed by atoms with van der Waals surface area (Å²) in [5, 5.41) is 0. The van der Waals surface area contributed by atoms with Gasteiger partial charge in [-0.25, -0.2) is 4.79 Å². The molecule has 0 spiro atoms. The molecule has 2 rings (SSSR count). The molecule has 1 atom stereocenters. The van der Waals surface area contributed by atoms with E-state index in [1.807, 2.05) is 52.0 Å². The van der Waals surface area contributed by atoms with Crippen LogP contribution in [-0.4, -0.2) is 35.6 Å². The van der Waals surface area contributed by atoms with Crippen LogP contribution in [0, 0.1) is 18.3 Å². The Morgan fingerprint density at radius 1 is 1.19 bits per heavy atom. The fourth-order valence-corrected chi connectivity index (χ4v) is 3.88. The lowest BCUT2D eigenvalue weighted by Crippen LogP contribution is -2.49. The zero-order valence-electron chi connectivity index (χ0n) is 20.1. The highest BCUT2D eigenvalue weighted by Gasteiger charge is 2.40. The van der Waals surface area contributed by atoms with Gasteiger partial charge in [-0.1, -0.05) is 55.8 Å². The van der Waals surface area contributed by atoms with E-state index in [1.165, 1.54) is 5.56 Å². The lowest BCUT2D eigenvalue weighted by atomic mass is 9.74. The van der Waals surface area contributed by atoms with Gasteiger partial charge in [0.15, 0.2) is 0 Å². The molecule has 1 aliphatic carbocycles. The molecule has 0 fully saturated rings. The lowest BCUT2D eigenvalue weighted by molar-refractivity contribution is -0.126. The summed E-state index contributed by atoms with van der Waals surface area (Å²) in [6.45, 7) is 14.6. The number of amides is 2. The summed E-state index contributed by atoms with van der Waals surface area (Å²) in [7, 11) is 0. The number of hydrogen-bond donors (Lipinski definition) is 1. The number of carbonyl (C=O) groups excluding carboxylic acids is 2. The number of aryl methyl sites for hydroxylation is 1. The van der Waals surface area contributed by atoms with Crippen molar-refractivity contribution < 1.29 is 14.3 Å². The maximum absolute atomic E-state index is 12.9. The molecular formula is C26H38N2O3. The van der Waals surface area contributed by atoms with Crippen LogP contribution in [0.1, 0.15) is 65.5 Å². The third kappa shape index (κ3) is 6.46. The van der Waals surface area contributed by atoms with Gasteiger partial charge in [0, 0.05) is 13.1 Å². The van der Waals surface area contributed by atoms with Crippen molar-refractivity contribution >= 4 is 17.6 Å². The van der Waals surface area contributed by atoms with Crippen LogP contribution in [0.25, 0.3) is 5.57 Å². The van der Waals surface area contributed by atoms with Gasteiger partial charge in [0.25, 0.3) is 0 Å². The molecule has 170 valence electrons. The summed E-state index contributed by atoms with van der Waals surface area (Å²) >= 11 is 0. The van der Waals surface area contributed by atoms with E-state index in [0.29, 0.717) is 18.9 Å². The Morgan fingerprint density at radius 2 is 1.84 bits per heavy atom. The summed E-state index contributed by atoms with van der Waals surface area (Å²) in [6, 6.07) is 8.20. The number of ether oxygens (including phenoxy) is 1. The number of rotatable bonds is 7. The van der Waals surface area contributed by atoms with Crippen LogP contribution in [0.5, 0.6) is 0 Å². The van der Waals surface area contributed by atoms with Crippen molar-refractivity contribution in [1.82, 2.24) is 4.90 Å². The quantitative estimate of drug-likeness (QED) is 0.627. The second-order valence-corrected chi connectivity index (χ2v) is 10.1. The van der Waals surface area contributed by atoms with Gasteiger partial charge in [0.1, 0.15) is 5.60 Å². The summed E-state index contributed by atoms with van der Waals surface area (Å²) < 4.78 is 5.63. The van der Waals surface area contributed by atoms with E-state index in [4.69, 9.17) is 10.5 Å². The normalized spacial score (nSPS) is 19.0. The van der Waals surface area contributed by atoms with Crippen molar-refractivity contribution in [2.45, 2.75) is 66.9 Å². The van der Waals surface area contributed by atoms with Crippen molar-refractivity contribution in [3.05, 3.63) is 53.1 Å². The first-order valence-corrected chi connectivity index (χ1v) is 11.1. The van der Waals surface area contributed by atoms with Crippen LogP contribution in [-0.2, 0) is 9.53 Å². The SMILES string of the molecule is CC1=C(c2ccccc2C)C=CC(CN(CCC(C)C)C(=O)OC(C)(C)C)(C(N)=O)C1. The first-order chi connectivity index (χ1) is 14.3. The minimum absolute atomic E-state index is 0.207. The molecule has 1 aromatic rings. The average molecular weight is 427 g/mol. The smallest absolute Gasteiger partial charge is 0.410 e. The van der Waals surface area contributed by atoms with E-state index >= 15 is 0 Å². The van der Waals surface area contributed by atoms with E-state index < -0.39 is 23.0 Å². The van der Waals surface area contributed by atoms with Gasteiger partial charge in [-0.3, -0.25) is 4.79 Å². The Kier molecular flexibility index (Phi) is 7.74. The zero-order valence-corrected chi connectivity index (χ0v) is 20.1. The lowest BCUT2D eigenvalue weighted by Gasteiger charge is -2.37. The molecule has 0 bridgehead atoms. The van der Waals surface area contributed by atoms with Crippen LogP contribution in [0.15, 0.2) is 42.0 Å². The molecule has 0 aromatic heterocycles. The minimum Gasteiger partial charge on any atom is -0.444 e. The second-order valence-electron chi connectivity index (χ2n) is 10.1. The Balaban J connectivity index is 2.35. The van der Waals surface area contributed by atoms with E-state index in [2.05, 4.69) is 32.9 Å². The monoisotopic (exact) mass is 426 g/mol. The molecule has 2 N–H and O–H groups in total. The standard InChI is InChI=1S/C26H38N2O3/c1-18(2)13-15-28(24(30)31-25(5,6)7)17-26(23(27)29)14-12-22(20(4)16-26)21-11-9-8-10-19(21)3/h8-12,14,18H,13,15-17H2,1-7H3,(H2,27,29). The van der Waals surface area contributed by atoms with Crippen molar-refractivity contribution in [2.75, 3.05) is 13.1 Å². The first-order valence-electron chi connectivity index (χ1n) is 11.1. The van der Waals surface area contributed by atoms with Gasteiger partial charge in [-0.2, -0.15) is 0 Å². The van der Waals surface area contributed by atoms with E-state index in [-0.39, 0.29) is 6.54 Å². The predicted octanol–water partition coefficient (Wildman–Crippen LogP) is 5.48. The number of hydrogen-bond acceptors (Lipinski definition) is 3. The zero-order chi connectivity index (χ0) is 23.4. The van der Waals surface area contributed by atoms with Crippen LogP contribution in [0.2, 0.25) is 0 Å². The molecule has 0 saturated carbocycles. The second kappa shape index (κ2) is 9.71. The van der Waals surface area contributed by atoms with Crippen LogP contribution < -0.4 is 5.73 Å². The van der Waals surface area contributed by atoms with Crippen molar-refractivity contribution in [3.63, 3.8) is 0 Å². The highest BCUT2D eigenvalue weighted by Crippen LogP contribution is 2.39. The first kappa shape index (κ1) is 24.7. The number of benzene rings is 1. The number of carbonyl (C=O) groups is 2. The third-order valence-electron chi connectivity index (χ3n) is 5.64. The summed E-state index contributed by atoms with van der Waals surface area (Å²) in [4.78, 5) is 27.3. The maximum atomic E-state index is 12.9. The molecule has 0 heterocycles. The highest BCUT2D eigenvalue weighted by molar-refractivity contribution is 5.89. The molecule has 5 heteroatoms.